The first-order chi connectivity index (χ1) is 17.7. The Morgan fingerprint density at radius 1 is 0.811 bits per heavy atom. The molecule has 0 spiro atoms. The number of carboxylic acids is 3. The molecule has 3 N–H and O–H groups in total. The molecule has 13 nitrogen and oxygen atoms in total. The second kappa shape index (κ2) is 15.5. The fraction of sp³-hybridized carbons (Fsp3) is 0.542. The third kappa shape index (κ3) is 11.4. The van der Waals surface area contributed by atoms with Gasteiger partial charge in [0.05, 0.1) is 19.5 Å². The van der Waals surface area contributed by atoms with Crippen molar-refractivity contribution in [2.45, 2.75) is 19.1 Å². The molecule has 1 aliphatic heterocycles. The first-order valence-electron chi connectivity index (χ1n) is 11.9. The van der Waals surface area contributed by atoms with Gasteiger partial charge in [-0.2, -0.15) is 0 Å². The SMILES string of the molecule is O=CN1CCN(CC(=O)O)CCN(C(CC(=O)OCc2ccccc2)C(=O)O)CCN(CC(=O)O)CC1. The Morgan fingerprint density at radius 3 is 1.78 bits per heavy atom. The van der Waals surface area contributed by atoms with Crippen molar-refractivity contribution in [3.63, 3.8) is 0 Å². The van der Waals surface area contributed by atoms with E-state index in [-0.39, 0.29) is 72.1 Å². The minimum absolute atomic E-state index is 0.00196. The molecule has 0 aromatic heterocycles. The molecule has 0 saturated carbocycles. The van der Waals surface area contributed by atoms with Gasteiger partial charge < -0.3 is 25.0 Å². The summed E-state index contributed by atoms with van der Waals surface area (Å²) < 4.78 is 5.26. The monoisotopic (exact) mass is 522 g/mol. The van der Waals surface area contributed by atoms with Crippen LogP contribution in [0.1, 0.15) is 12.0 Å². The predicted octanol–water partition coefficient (Wildman–Crippen LogP) is -0.880. The van der Waals surface area contributed by atoms with Crippen molar-refractivity contribution < 1.29 is 44.0 Å². The summed E-state index contributed by atoms with van der Waals surface area (Å²) in [5.41, 5.74) is 0.757. The Hall–Kier alpha value is -3.55. The topological polar surface area (TPSA) is 168 Å². The van der Waals surface area contributed by atoms with E-state index in [0.717, 1.165) is 5.56 Å². The molecule has 1 aromatic rings. The maximum absolute atomic E-state index is 12.5. The zero-order valence-electron chi connectivity index (χ0n) is 20.6. The second-order valence-corrected chi connectivity index (χ2v) is 8.72. The molecule has 1 atom stereocenters. The summed E-state index contributed by atoms with van der Waals surface area (Å²) in [6, 6.07) is 7.70. The molecular weight excluding hydrogens is 488 g/mol. The van der Waals surface area contributed by atoms with Crippen molar-refractivity contribution in [1.82, 2.24) is 19.6 Å². The van der Waals surface area contributed by atoms with Crippen molar-refractivity contribution in [2.24, 2.45) is 0 Å². The Bertz CT molecular complexity index is 883. The van der Waals surface area contributed by atoms with E-state index in [1.807, 2.05) is 6.07 Å². The number of carbonyl (C=O) groups is 5. The molecule has 0 bridgehead atoms. The van der Waals surface area contributed by atoms with Crippen molar-refractivity contribution in [1.29, 1.82) is 0 Å². The highest BCUT2D eigenvalue weighted by atomic mass is 16.5. The van der Waals surface area contributed by atoms with Crippen LogP contribution in [0.15, 0.2) is 30.3 Å². The number of carboxylic acid groups (broad SMARTS) is 3. The summed E-state index contributed by atoms with van der Waals surface area (Å²) in [6.07, 6.45) is 0.205. The average molecular weight is 523 g/mol. The van der Waals surface area contributed by atoms with E-state index in [2.05, 4.69) is 0 Å². The highest BCUT2D eigenvalue weighted by molar-refractivity contribution is 5.81. The molecule has 13 heteroatoms. The first-order valence-corrected chi connectivity index (χ1v) is 11.9. The fourth-order valence-electron chi connectivity index (χ4n) is 3.97. The summed E-state index contributed by atoms with van der Waals surface area (Å²) in [6.45, 7) is 0.863. The molecule has 1 aromatic carbocycles. The minimum atomic E-state index is -1.25. The molecule has 204 valence electrons. The van der Waals surface area contributed by atoms with Gasteiger partial charge in [-0.15, -0.1) is 0 Å². The standard InChI is InChI=1S/C24H34N4O9/c29-18-27-8-6-25(15-21(30)31)10-12-28(13-11-26(7-9-27)16-22(32)33)20(24(35)36)14-23(34)37-17-19-4-2-1-3-5-19/h1-5,18,20H,6-17H2,(H,30,31)(H,32,33)(H,35,36). The summed E-state index contributed by atoms with van der Waals surface area (Å²) in [4.78, 5) is 65.0. The van der Waals surface area contributed by atoms with E-state index in [1.165, 1.54) is 9.80 Å². The number of hydrogen-bond donors (Lipinski definition) is 3. The molecule has 1 amide bonds. The highest BCUT2D eigenvalue weighted by Gasteiger charge is 2.30. The summed E-state index contributed by atoms with van der Waals surface area (Å²) in [7, 11) is 0. The van der Waals surface area contributed by atoms with E-state index < -0.39 is 36.3 Å². The van der Waals surface area contributed by atoms with Crippen LogP contribution in [-0.2, 0) is 35.3 Å². The average Bonchev–Trinajstić information content (AvgIpc) is 2.84. The van der Waals surface area contributed by atoms with Gasteiger partial charge in [0, 0.05) is 52.4 Å². The zero-order chi connectivity index (χ0) is 27.2. The van der Waals surface area contributed by atoms with Gasteiger partial charge in [0.2, 0.25) is 6.41 Å². The number of hydrogen-bond acceptors (Lipinski definition) is 9. The fourth-order valence-corrected chi connectivity index (χ4v) is 3.97. The van der Waals surface area contributed by atoms with E-state index in [4.69, 9.17) is 4.74 Å². The third-order valence-electron chi connectivity index (χ3n) is 6.01. The Labute approximate surface area is 214 Å². The number of rotatable bonds is 11. The molecule has 0 radical (unpaired) electrons. The van der Waals surface area contributed by atoms with Gasteiger partial charge in [-0.25, -0.2) is 0 Å². The Balaban J connectivity index is 2.17. The van der Waals surface area contributed by atoms with Crippen LogP contribution in [0.2, 0.25) is 0 Å². The van der Waals surface area contributed by atoms with Crippen molar-refractivity contribution in [3.8, 4) is 0 Å². The number of aliphatic carboxylic acids is 3. The summed E-state index contributed by atoms with van der Waals surface area (Å²) >= 11 is 0. The Kier molecular flexibility index (Phi) is 12.5. The lowest BCUT2D eigenvalue weighted by Gasteiger charge is -2.34. The van der Waals surface area contributed by atoms with Gasteiger partial charge >= 0.3 is 23.9 Å². The number of esters is 1. The van der Waals surface area contributed by atoms with Gasteiger partial charge in [0.25, 0.3) is 0 Å². The molecule has 37 heavy (non-hydrogen) atoms. The normalized spacial score (nSPS) is 17.7. The van der Waals surface area contributed by atoms with Gasteiger partial charge in [0.15, 0.2) is 0 Å². The molecule has 1 unspecified atom stereocenters. The maximum Gasteiger partial charge on any atom is 0.321 e. The van der Waals surface area contributed by atoms with Crippen LogP contribution in [-0.4, -0.2) is 137 Å². The van der Waals surface area contributed by atoms with Crippen LogP contribution in [0.4, 0.5) is 0 Å². The number of benzene rings is 1. The summed E-state index contributed by atoms with van der Waals surface area (Å²) in [5, 5.41) is 28.5. The second-order valence-electron chi connectivity index (χ2n) is 8.72. The van der Waals surface area contributed by atoms with Gasteiger partial charge in [-0.05, 0) is 5.56 Å². The molecule has 0 aliphatic carbocycles. The third-order valence-corrected chi connectivity index (χ3v) is 6.01. The predicted molar refractivity (Wildman–Crippen MR) is 130 cm³/mol. The van der Waals surface area contributed by atoms with Gasteiger partial charge in [-0.3, -0.25) is 38.7 Å². The van der Waals surface area contributed by atoms with E-state index in [0.29, 0.717) is 6.41 Å². The molecule has 1 saturated heterocycles. The maximum atomic E-state index is 12.5. The van der Waals surface area contributed by atoms with E-state index >= 15 is 0 Å². The summed E-state index contributed by atoms with van der Waals surface area (Å²) in [5.74, 6) is -4.08. The number of carbonyl (C=O) groups excluding carboxylic acids is 2. The lowest BCUT2D eigenvalue weighted by Crippen LogP contribution is -2.51. The lowest BCUT2D eigenvalue weighted by atomic mass is 10.1. The minimum Gasteiger partial charge on any atom is -0.480 e. The number of ether oxygens (including phenoxy) is 1. The van der Waals surface area contributed by atoms with Crippen molar-refractivity contribution >= 4 is 30.3 Å². The van der Waals surface area contributed by atoms with Crippen LogP contribution in [0.25, 0.3) is 0 Å². The van der Waals surface area contributed by atoms with Crippen LogP contribution in [0.5, 0.6) is 0 Å². The van der Waals surface area contributed by atoms with Crippen LogP contribution in [0.3, 0.4) is 0 Å². The van der Waals surface area contributed by atoms with E-state index in [1.54, 1.807) is 34.1 Å². The van der Waals surface area contributed by atoms with E-state index in [9.17, 15) is 39.3 Å². The first kappa shape index (κ1) is 29.7. The molecule has 1 aliphatic rings. The van der Waals surface area contributed by atoms with Crippen molar-refractivity contribution in [2.75, 3.05) is 65.4 Å². The van der Waals surface area contributed by atoms with Gasteiger partial charge in [-0.1, -0.05) is 30.3 Å². The van der Waals surface area contributed by atoms with Crippen LogP contribution in [0, 0.1) is 0 Å². The van der Waals surface area contributed by atoms with Crippen LogP contribution >= 0.6 is 0 Å². The Morgan fingerprint density at radius 2 is 1.32 bits per heavy atom. The number of amides is 1. The quantitative estimate of drug-likeness (QED) is 0.243. The lowest BCUT2D eigenvalue weighted by molar-refractivity contribution is -0.154. The smallest absolute Gasteiger partial charge is 0.321 e. The molecular formula is C24H34N4O9. The van der Waals surface area contributed by atoms with Gasteiger partial charge in [0.1, 0.15) is 12.6 Å². The molecule has 1 heterocycles. The molecule has 2 rings (SSSR count). The highest BCUT2D eigenvalue weighted by Crippen LogP contribution is 2.11. The largest absolute Gasteiger partial charge is 0.480 e. The number of nitrogens with zero attached hydrogens (tertiary/aromatic N) is 4. The zero-order valence-corrected chi connectivity index (χ0v) is 20.6. The molecule has 1 fully saturated rings. The van der Waals surface area contributed by atoms with Crippen molar-refractivity contribution in [3.05, 3.63) is 35.9 Å². The van der Waals surface area contributed by atoms with Crippen LogP contribution < -0.4 is 0 Å².